The lowest BCUT2D eigenvalue weighted by atomic mass is 9.82. The molecule has 0 radical (unpaired) electrons. The van der Waals surface area contributed by atoms with Crippen LogP contribution in [0.5, 0.6) is 0 Å². The van der Waals surface area contributed by atoms with Crippen LogP contribution < -0.4 is 16.0 Å². The zero-order valence-electron chi connectivity index (χ0n) is 20.9. The highest BCUT2D eigenvalue weighted by Crippen LogP contribution is 2.43. The molecule has 10 heteroatoms. The van der Waals surface area contributed by atoms with Crippen LogP contribution in [-0.4, -0.2) is 17.6 Å². The van der Waals surface area contributed by atoms with Crippen LogP contribution >= 0.6 is 46.6 Å². The van der Waals surface area contributed by atoms with Crippen LogP contribution in [0.3, 0.4) is 0 Å². The van der Waals surface area contributed by atoms with E-state index in [2.05, 4.69) is 22.0 Å². The van der Waals surface area contributed by atoms with Crippen molar-refractivity contribution in [1.29, 1.82) is 5.26 Å². The van der Waals surface area contributed by atoms with E-state index in [9.17, 15) is 14.9 Å². The first-order valence-electron chi connectivity index (χ1n) is 11.8. The van der Waals surface area contributed by atoms with Gasteiger partial charge in [0, 0.05) is 37.7 Å². The summed E-state index contributed by atoms with van der Waals surface area (Å²) in [6, 6.07) is 21.3. The molecule has 39 heavy (non-hydrogen) atoms. The molecular formula is C29H23Cl3N4O2S. The Morgan fingerprint density at radius 2 is 1.64 bits per heavy atom. The predicted molar refractivity (Wildman–Crippen MR) is 160 cm³/mol. The molecule has 1 aliphatic rings. The molecule has 1 unspecified atom stereocenters. The molecule has 2 amide bonds. The third-order valence-electron chi connectivity index (χ3n) is 6.01. The van der Waals surface area contributed by atoms with Crippen molar-refractivity contribution in [3.05, 3.63) is 115 Å². The van der Waals surface area contributed by atoms with Crippen molar-refractivity contribution >= 4 is 69.8 Å². The number of dihydropyridines is 1. The third-order valence-corrected chi connectivity index (χ3v) is 8.03. The zero-order chi connectivity index (χ0) is 28.1. The number of hydrogen-bond acceptors (Lipinski definition) is 5. The lowest BCUT2D eigenvalue weighted by molar-refractivity contribution is -0.114. The van der Waals surface area contributed by atoms with Gasteiger partial charge in [0.1, 0.15) is 0 Å². The van der Waals surface area contributed by atoms with Crippen LogP contribution in [0.1, 0.15) is 24.0 Å². The van der Waals surface area contributed by atoms with Crippen LogP contribution in [0.2, 0.25) is 15.1 Å². The SMILES string of the molecule is CC1=C(C(=O)Nc2ccc(Cl)cc2)C(c2ccccc2Cl)C(C#N)=C(SCC(=O)Nc2ccc(C)c(Cl)c2)N1. The van der Waals surface area contributed by atoms with Crippen LogP contribution in [-0.2, 0) is 9.59 Å². The van der Waals surface area contributed by atoms with E-state index >= 15 is 0 Å². The summed E-state index contributed by atoms with van der Waals surface area (Å²) in [4.78, 5) is 26.3. The summed E-state index contributed by atoms with van der Waals surface area (Å²) >= 11 is 19.9. The summed E-state index contributed by atoms with van der Waals surface area (Å²) in [6.45, 7) is 3.63. The highest BCUT2D eigenvalue weighted by molar-refractivity contribution is 8.03. The van der Waals surface area contributed by atoms with Crippen LogP contribution in [0.4, 0.5) is 11.4 Å². The monoisotopic (exact) mass is 596 g/mol. The number of aryl methyl sites for hydroxylation is 1. The molecule has 198 valence electrons. The number of rotatable bonds is 7. The fourth-order valence-corrected chi connectivity index (χ4v) is 5.53. The van der Waals surface area contributed by atoms with Gasteiger partial charge in [-0.25, -0.2) is 0 Å². The average Bonchev–Trinajstić information content (AvgIpc) is 2.90. The van der Waals surface area contributed by atoms with E-state index in [0.717, 1.165) is 5.56 Å². The number of amides is 2. The van der Waals surface area contributed by atoms with E-state index in [1.807, 2.05) is 13.0 Å². The normalized spacial score (nSPS) is 14.9. The molecule has 0 saturated carbocycles. The van der Waals surface area contributed by atoms with Gasteiger partial charge in [-0.2, -0.15) is 5.26 Å². The molecule has 4 rings (SSSR count). The number of thioether (sulfide) groups is 1. The van der Waals surface area contributed by atoms with E-state index in [1.54, 1.807) is 67.6 Å². The summed E-state index contributed by atoms with van der Waals surface area (Å²) in [5.41, 5.74) is 3.81. The van der Waals surface area contributed by atoms with E-state index < -0.39 is 11.8 Å². The van der Waals surface area contributed by atoms with Gasteiger partial charge < -0.3 is 16.0 Å². The molecule has 1 aliphatic heterocycles. The first kappa shape index (κ1) is 28.6. The highest BCUT2D eigenvalue weighted by atomic mass is 35.5. The maximum absolute atomic E-state index is 13.5. The van der Waals surface area contributed by atoms with Gasteiger partial charge in [0.25, 0.3) is 5.91 Å². The summed E-state index contributed by atoms with van der Waals surface area (Å²) in [7, 11) is 0. The number of nitriles is 1. The van der Waals surface area contributed by atoms with E-state index in [-0.39, 0.29) is 17.2 Å². The number of hydrogen-bond donors (Lipinski definition) is 3. The Balaban J connectivity index is 1.63. The van der Waals surface area contributed by atoms with Crippen molar-refractivity contribution in [3.8, 4) is 6.07 Å². The van der Waals surface area contributed by atoms with Gasteiger partial charge in [-0.3, -0.25) is 9.59 Å². The standard InChI is InChI=1S/C29H23Cl3N4O2S/c1-16-7-10-20(13-24(16)32)35-25(37)15-39-29-22(14-33)27(21-5-3-4-6-23(21)31)26(17(2)34-29)28(38)36-19-11-8-18(30)9-12-19/h3-13,27,34H,15H2,1-2H3,(H,35,37)(H,36,38). The van der Waals surface area contributed by atoms with Crippen molar-refractivity contribution in [2.45, 2.75) is 19.8 Å². The lowest BCUT2D eigenvalue weighted by Crippen LogP contribution is -2.31. The maximum atomic E-state index is 13.5. The average molecular weight is 598 g/mol. The smallest absolute Gasteiger partial charge is 0.254 e. The number of nitrogens with one attached hydrogen (secondary N) is 3. The molecule has 3 N–H and O–H groups in total. The Morgan fingerprint density at radius 3 is 2.31 bits per heavy atom. The molecule has 1 heterocycles. The Hall–Kier alpha value is -3.41. The highest BCUT2D eigenvalue weighted by Gasteiger charge is 2.36. The maximum Gasteiger partial charge on any atom is 0.254 e. The zero-order valence-corrected chi connectivity index (χ0v) is 24.0. The van der Waals surface area contributed by atoms with Crippen LogP contribution in [0.25, 0.3) is 0 Å². The molecule has 3 aromatic carbocycles. The van der Waals surface area contributed by atoms with Crippen molar-refractivity contribution in [3.63, 3.8) is 0 Å². The number of nitrogens with zero attached hydrogens (tertiary/aromatic N) is 1. The molecule has 0 saturated heterocycles. The summed E-state index contributed by atoms with van der Waals surface area (Å²) < 4.78 is 0. The molecule has 0 fully saturated rings. The van der Waals surface area contributed by atoms with Gasteiger partial charge >= 0.3 is 0 Å². The minimum absolute atomic E-state index is 0.0217. The van der Waals surface area contributed by atoms with Gasteiger partial charge in [-0.1, -0.05) is 70.8 Å². The van der Waals surface area contributed by atoms with E-state index in [0.29, 0.717) is 48.3 Å². The van der Waals surface area contributed by atoms with Gasteiger partial charge in [-0.15, -0.1) is 0 Å². The number of halogens is 3. The first-order valence-corrected chi connectivity index (χ1v) is 13.9. The second kappa shape index (κ2) is 12.6. The topological polar surface area (TPSA) is 94.0 Å². The number of allylic oxidation sites excluding steroid dienone is 2. The summed E-state index contributed by atoms with van der Waals surface area (Å²) in [5.74, 6) is -1.39. The Bertz CT molecular complexity index is 1540. The Kier molecular flexibility index (Phi) is 9.26. The van der Waals surface area contributed by atoms with Gasteiger partial charge in [0.15, 0.2) is 0 Å². The lowest BCUT2D eigenvalue weighted by Gasteiger charge is -2.30. The second-order valence-electron chi connectivity index (χ2n) is 8.73. The fourth-order valence-electron chi connectivity index (χ4n) is 4.08. The first-order chi connectivity index (χ1) is 18.7. The predicted octanol–water partition coefficient (Wildman–Crippen LogP) is 7.66. The molecule has 0 aliphatic carbocycles. The molecular weight excluding hydrogens is 575 g/mol. The number of carbonyl (C=O) groups excluding carboxylic acids is 2. The largest absolute Gasteiger partial charge is 0.353 e. The van der Waals surface area contributed by atoms with Gasteiger partial charge in [0.05, 0.1) is 28.3 Å². The minimum atomic E-state index is -0.751. The van der Waals surface area contributed by atoms with Crippen molar-refractivity contribution in [2.75, 3.05) is 16.4 Å². The number of carbonyl (C=O) groups is 2. The fraction of sp³-hybridized carbons (Fsp3) is 0.138. The Morgan fingerprint density at radius 1 is 0.949 bits per heavy atom. The number of anilines is 2. The van der Waals surface area contributed by atoms with E-state index in [4.69, 9.17) is 34.8 Å². The molecule has 1 atom stereocenters. The van der Waals surface area contributed by atoms with Crippen molar-refractivity contribution < 1.29 is 9.59 Å². The van der Waals surface area contributed by atoms with Crippen molar-refractivity contribution in [2.24, 2.45) is 0 Å². The molecule has 0 bridgehead atoms. The Labute approximate surface area is 246 Å². The number of benzene rings is 3. The summed E-state index contributed by atoms with van der Waals surface area (Å²) in [5, 5.41) is 21.1. The van der Waals surface area contributed by atoms with Gasteiger partial charge in [-0.05, 0) is 67.4 Å². The van der Waals surface area contributed by atoms with Gasteiger partial charge in [0.2, 0.25) is 5.91 Å². The minimum Gasteiger partial charge on any atom is -0.353 e. The quantitative estimate of drug-likeness (QED) is 0.260. The third kappa shape index (κ3) is 6.78. The van der Waals surface area contributed by atoms with Crippen molar-refractivity contribution in [1.82, 2.24) is 5.32 Å². The van der Waals surface area contributed by atoms with Crippen LogP contribution in [0.15, 0.2) is 88.6 Å². The molecule has 0 spiro atoms. The van der Waals surface area contributed by atoms with E-state index in [1.165, 1.54) is 11.8 Å². The molecule has 3 aromatic rings. The van der Waals surface area contributed by atoms with Crippen LogP contribution in [0, 0.1) is 18.3 Å². The molecule has 0 aromatic heterocycles. The molecule has 6 nitrogen and oxygen atoms in total. The second-order valence-corrected chi connectivity index (χ2v) is 11.0. The summed E-state index contributed by atoms with van der Waals surface area (Å²) in [6.07, 6.45) is 0.